The van der Waals surface area contributed by atoms with Crippen LogP contribution in [-0.2, 0) is 24.2 Å². The Morgan fingerprint density at radius 3 is 2.54 bits per heavy atom. The number of fused-ring (bicyclic) bond motifs is 3. The first-order chi connectivity index (χ1) is 23.2. The molecule has 3 aromatic heterocycles. The van der Waals surface area contributed by atoms with Crippen LogP contribution in [0.15, 0.2) is 72.1 Å². The number of hydrogen-bond donors (Lipinski definition) is 2. The van der Waals surface area contributed by atoms with Gasteiger partial charge in [-0.25, -0.2) is 13.4 Å². The molecule has 1 fully saturated rings. The highest BCUT2D eigenvalue weighted by molar-refractivity contribution is 8.76. The van der Waals surface area contributed by atoms with Crippen molar-refractivity contribution in [3.8, 4) is 0 Å². The quantitative estimate of drug-likeness (QED) is 0.0899. The van der Waals surface area contributed by atoms with Gasteiger partial charge in [-0.05, 0) is 72.9 Å². The second-order valence-electron chi connectivity index (χ2n) is 11.9. The molecule has 4 heterocycles. The number of amides is 2. The van der Waals surface area contributed by atoms with Crippen LogP contribution in [0.1, 0.15) is 38.5 Å². The van der Waals surface area contributed by atoms with E-state index in [1.165, 1.54) is 0 Å². The number of aromatic nitrogens is 3. The van der Waals surface area contributed by atoms with Crippen LogP contribution in [0.25, 0.3) is 21.8 Å². The van der Waals surface area contributed by atoms with Gasteiger partial charge >= 0.3 is 0 Å². The predicted molar refractivity (Wildman–Crippen MR) is 193 cm³/mol. The standard InChI is InChI=1S/C34H40N6O5S3/c1-48(44,45)23-25(34(43)39-15-4-2-12-30(42)35-18-20-46-47-31-13-3-5-14-36-31)22-29(41)27-11-8-19-40(27)28-21-24-9-6-16-37-32(24)33-26(28)10-7-17-38-33/h3,5-7,9-10,13-14,16-17,21,25,27H,2,4,8,11-12,15,18-20,22-23H2,1H3,(H,35,42)(H,39,43). The van der Waals surface area contributed by atoms with Crippen LogP contribution in [-0.4, -0.2) is 84.4 Å². The van der Waals surface area contributed by atoms with E-state index < -0.39 is 33.5 Å². The number of anilines is 1. The van der Waals surface area contributed by atoms with Crippen LogP contribution < -0.4 is 15.5 Å². The first kappa shape index (κ1) is 35.6. The summed E-state index contributed by atoms with van der Waals surface area (Å²) >= 11 is 0. The van der Waals surface area contributed by atoms with Crippen LogP contribution in [0.5, 0.6) is 0 Å². The Balaban J connectivity index is 1.12. The van der Waals surface area contributed by atoms with Gasteiger partial charge in [0.1, 0.15) is 14.9 Å². The molecule has 254 valence electrons. The van der Waals surface area contributed by atoms with Crippen molar-refractivity contribution < 1.29 is 22.8 Å². The van der Waals surface area contributed by atoms with E-state index in [1.807, 2.05) is 48.5 Å². The molecule has 1 aliphatic rings. The average molecular weight is 709 g/mol. The molecule has 2 atom stereocenters. The summed E-state index contributed by atoms with van der Waals surface area (Å²) in [7, 11) is -0.351. The summed E-state index contributed by atoms with van der Waals surface area (Å²) in [4.78, 5) is 54.6. The minimum Gasteiger partial charge on any atom is -0.361 e. The molecule has 0 spiro atoms. The van der Waals surface area contributed by atoms with Crippen molar-refractivity contribution in [3.05, 3.63) is 67.1 Å². The summed E-state index contributed by atoms with van der Waals surface area (Å²) < 4.78 is 24.6. The second-order valence-corrected chi connectivity index (χ2v) is 16.5. The lowest BCUT2D eigenvalue weighted by molar-refractivity contribution is -0.129. The van der Waals surface area contributed by atoms with Crippen LogP contribution in [0, 0.1) is 5.92 Å². The Hall–Kier alpha value is -3.75. The van der Waals surface area contributed by atoms with Gasteiger partial charge in [-0.3, -0.25) is 24.4 Å². The molecule has 2 N–H and O–H groups in total. The normalized spacial score (nSPS) is 15.4. The second kappa shape index (κ2) is 17.1. The fourth-order valence-corrected chi connectivity index (χ4v) is 8.73. The van der Waals surface area contributed by atoms with Crippen molar-refractivity contribution in [2.75, 3.05) is 42.3 Å². The molecule has 1 aromatic carbocycles. The van der Waals surface area contributed by atoms with E-state index in [0.29, 0.717) is 38.8 Å². The molecule has 0 bridgehead atoms. The molecule has 2 unspecified atom stereocenters. The molecule has 1 aliphatic heterocycles. The molecule has 0 radical (unpaired) electrons. The van der Waals surface area contributed by atoms with Crippen molar-refractivity contribution in [2.24, 2.45) is 5.92 Å². The van der Waals surface area contributed by atoms with E-state index in [2.05, 4.69) is 30.5 Å². The number of ketones is 1. The SMILES string of the molecule is CS(=O)(=O)CC(CC(=O)C1CCCN1c1cc2cccnc2c2ncccc12)C(=O)NCCCCC(=O)NCCSSc1ccccn1. The molecule has 5 rings (SSSR count). The number of carbonyl (C=O) groups is 3. The third-order valence-electron chi connectivity index (χ3n) is 8.11. The lowest BCUT2D eigenvalue weighted by Crippen LogP contribution is -2.41. The van der Waals surface area contributed by atoms with Crippen LogP contribution in [0.2, 0.25) is 0 Å². The van der Waals surface area contributed by atoms with Gasteiger partial charge in [-0.15, -0.1) is 0 Å². The summed E-state index contributed by atoms with van der Waals surface area (Å²) in [5, 5.41) is 8.43. The Morgan fingerprint density at radius 2 is 1.75 bits per heavy atom. The highest BCUT2D eigenvalue weighted by Gasteiger charge is 2.35. The minimum absolute atomic E-state index is 0.0577. The molecule has 48 heavy (non-hydrogen) atoms. The third kappa shape index (κ3) is 9.89. The maximum absolute atomic E-state index is 13.8. The van der Waals surface area contributed by atoms with Crippen molar-refractivity contribution in [1.29, 1.82) is 0 Å². The van der Waals surface area contributed by atoms with Crippen molar-refractivity contribution in [3.63, 3.8) is 0 Å². The highest BCUT2D eigenvalue weighted by atomic mass is 33.1. The van der Waals surface area contributed by atoms with E-state index >= 15 is 0 Å². The van der Waals surface area contributed by atoms with E-state index in [-0.39, 0.29) is 24.7 Å². The van der Waals surface area contributed by atoms with Gasteiger partial charge in [0.05, 0.1) is 28.7 Å². The lowest BCUT2D eigenvalue weighted by Gasteiger charge is -2.28. The molecule has 14 heteroatoms. The maximum Gasteiger partial charge on any atom is 0.224 e. The van der Waals surface area contributed by atoms with E-state index in [4.69, 9.17) is 0 Å². The molecular weight excluding hydrogens is 669 g/mol. The highest BCUT2D eigenvalue weighted by Crippen LogP contribution is 2.36. The number of hydrogen-bond acceptors (Lipinski definition) is 11. The Kier molecular flexibility index (Phi) is 12.6. The molecule has 11 nitrogen and oxygen atoms in total. The fraction of sp³-hybridized carbons (Fsp3) is 0.412. The Bertz CT molecular complexity index is 1840. The first-order valence-corrected chi connectivity index (χ1v) is 20.4. The topological polar surface area (TPSA) is 151 Å². The zero-order valence-corrected chi connectivity index (χ0v) is 29.3. The average Bonchev–Trinajstić information content (AvgIpc) is 3.57. The number of rotatable bonds is 17. The molecule has 1 saturated heterocycles. The number of nitrogens with one attached hydrogen (secondary N) is 2. The van der Waals surface area contributed by atoms with Gasteiger partial charge in [-0.1, -0.05) is 22.9 Å². The molecule has 2 amide bonds. The van der Waals surface area contributed by atoms with E-state index in [0.717, 1.165) is 50.9 Å². The van der Waals surface area contributed by atoms with Crippen LogP contribution >= 0.6 is 21.6 Å². The smallest absolute Gasteiger partial charge is 0.224 e. The summed E-state index contributed by atoms with van der Waals surface area (Å²) in [5.41, 5.74) is 2.42. The lowest BCUT2D eigenvalue weighted by atomic mass is 9.97. The Labute approximate surface area is 288 Å². The number of sulfone groups is 1. The number of unbranched alkanes of at least 4 members (excludes halogenated alkanes) is 1. The van der Waals surface area contributed by atoms with Crippen molar-refractivity contribution >= 4 is 76.5 Å². The van der Waals surface area contributed by atoms with Gasteiger partial charge in [0, 0.05) is 79.5 Å². The third-order valence-corrected chi connectivity index (χ3v) is 11.4. The largest absolute Gasteiger partial charge is 0.361 e. The number of carbonyl (C=O) groups excluding carboxylic acids is 3. The Morgan fingerprint density at radius 1 is 0.958 bits per heavy atom. The molecule has 0 saturated carbocycles. The van der Waals surface area contributed by atoms with Crippen molar-refractivity contribution in [2.45, 2.75) is 49.6 Å². The molecule has 0 aliphatic carbocycles. The van der Waals surface area contributed by atoms with Gasteiger partial charge in [0.25, 0.3) is 0 Å². The van der Waals surface area contributed by atoms with Gasteiger partial charge in [0.15, 0.2) is 5.78 Å². The van der Waals surface area contributed by atoms with Crippen LogP contribution in [0.4, 0.5) is 5.69 Å². The monoisotopic (exact) mass is 708 g/mol. The zero-order chi connectivity index (χ0) is 33.9. The molecular formula is C34H40N6O5S3. The maximum atomic E-state index is 13.8. The number of pyridine rings is 3. The summed E-state index contributed by atoms with van der Waals surface area (Å²) in [6.45, 7) is 1.49. The predicted octanol–water partition coefficient (Wildman–Crippen LogP) is 4.61. The van der Waals surface area contributed by atoms with Gasteiger partial charge in [-0.2, -0.15) is 0 Å². The first-order valence-electron chi connectivity index (χ1n) is 16.0. The van der Waals surface area contributed by atoms with Gasteiger partial charge < -0.3 is 15.5 Å². The fourth-order valence-electron chi connectivity index (χ4n) is 5.94. The summed E-state index contributed by atoms with van der Waals surface area (Å²) in [6.07, 6.45) is 8.96. The van der Waals surface area contributed by atoms with Crippen molar-refractivity contribution in [1.82, 2.24) is 25.6 Å². The van der Waals surface area contributed by atoms with Crippen LogP contribution in [0.3, 0.4) is 0 Å². The summed E-state index contributed by atoms with van der Waals surface area (Å²) in [6, 6.07) is 14.9. The zero-order valence-electron chi connectivity index (χ0n) is 26.8. The minimum atomic E-state index is -3.53. The van der Waals surface area contributed by atoms with Gasteiger partial charge in [0.2, 0.25) is 11.8 Å². The molecule has 4 aromatic rings. The summed E-state index contributed by atoms with van der Waals surface area (Å²) in [5.74, 6) is -1.35. The number of nitrogens with zero attached hydrogens (tertiary/aromatic N) is 4. The van der Waals surface area contributed by atoms with E-state index in [1.54, 1.807) is 40.2 Å². The number of benzene rings is 1. The number of Topliss-reactive ketones (excluding diaryl/α,β-unsaturated/α-hetero) is 1. The van der Waals surface area contributed by atoms with E-state index in [9.17, 15) is 22.8 Å².